The van der Waals surface area contributed by atoms with Crippen LogP contribution in [-0.4, -0.2) is 30.2 Å². The van der Waals surface area contributed by atoms with Gasteiger partial charge in [0.15, 0.2) is 16.3 Å². The van der Waals surface area contributed by atoms with Crippen LogP contribution in [0.5, 0.6) is 11.5 Å². The molecule has 43 heavy (non-hydrogen) atoms. The Bertz CT molecular complexity index is 1990. The lowest BCUT2D eigenvalue weighted by Gasteiger charge is -2.25. The van der Waals surface area contributed by atoms with Crippen LogP contribution in [0.4, 0.5) is 0 Å². The monoisotopic (exact) mass is 638 g/mol. The van der Waals surface area contributed by atoms with Crippen molar-refractivity contribution in [2.45, 2.75) is 19.9 Å². The third-order valence-electron chi connectivity index (χ3n) is 6.42. The van der Waals surface area contributed by atoms with E-state index in [0.717, 1.165) is 11.3 Å². The van der Waals surface area contributed by atoms with Crippen LogP contribution < -0.4 is 24.4 Å². The maximum absolute atomic E-state index is 13.9. The van der Waals surface area contributed by atoms with E-state index in [4.69, 9.17) is 41.8 Å². The van der Waals surface area contributed by atoms with E-state index in [1.807, 2.05) is 0 Å². The number of fused-ring (bicyclic) bond motifs is 1. The zero-order chi connectivity index (χ0) is 30.8. The molecule has 0 spiro atoms. The summed E-state index contributed by atoms with van der Waals surface area (Å²) >= 11 is 13.6. The van der Waals surface area contributed by atoms with Gasteiger partial charge < -0.3 is 18.6 Å². The Morgan fingerprint density at radius 2 is 1.93 bits per heavy atom. The fourth-order valence-corrected chi connectivity index (χ4v) is 6.00. The van der Waals surface area contributed by atoms with Crippen LogP contribution >= 0.6 is 34.5 Å². The van der Waals surface area contributed by atoms with Crippen LogP contribution in [0.15, 0.2) is 86.7 Å². The highest BCUT2D eigenvalue weighted by molar-refractivity contribution is 7.07. The molecule has 1 unspecified atom stereocenters. The number of carbonyl (C=O) groups excluding carboxylic acids is 2. The van der Waals surface area contributed by atoms with E-state index < -0.39 is 23.5 Å². The van der Waals surface area contributed by atoms with Gasteiger partial charge in [-0.15, -0.1) is 0 Å². The molecule has 0 fully saturated rings. The average molecular weight is 640 g/mol. The van der Waals surface area contributed by atoms with Gasteiger partial charge >= 0.3 is 11.9 Å². The maximum Gasteiger partial charge on any atom is 0.338 e. The molecule has 0 amide bonds. The van der Waals surface area contributed by atoms with Crippen molar-refractivity contribution in [2.24, 2.45) is 4.99 Å². The number of thiazole rings is 1. The molecular formula is C31H24Cl2N2O7S. The Morgan fingerprint density at radius 3 is 2.65 bits per heavy atom. The molecule has 9 nitrogen and oxygen atoms in total. The van der Waals surface area contributed by atoms with Crippen molar-refractivity contribution < 1.29 is 28.2 Å². The summed E-state index contributed by atoms with van der Waals surface area (Å²) in [7, 11) is 1.42. The molecule has 0 N–H and O–H groups in total. The molecule has 0 bridgehead atoms. The minimum atomic E-state index is -0.923. The Kier molecular flexibility index (Phi) is 8.72. The lowest BCUT2D eigenvalue weighted by Crippen LogP contribution is -2.40. The molecule has 0 saturated carbocycles. The number of halogens is 2. The highest BCUT2D eigenvalue weighted by Crippen LogP contribution is 2.36. The van der Waals surface area contributed by atoms with E-state index >= 15 is 0 Å². The number of benzene rings is 2. The predicted octanol–water partition coefficient (Wildman–Crippen LogP) is 5.47. The first-order valence-electron chi connectivity index (χ1n) is 12.8. The predicted molar refractivity (Wildman–Crippen MR) is 163 cm³/mol. The second-order valence-electron chi connectivity index (χ2n) is 9.30. The number of ether oxygens (including phenoxy) is 3. The van der Waals surface area contributed by atoms with Crippen LogP contribution in [0.1, 0.15) is 31.2 Å². The number of rotatable bonds is 8. The minimum Gasteiger partial charge on any atom is -0.493 e. The normalized spacial score (nSPS) is 14.6. The van der Waals surface area contributed by atoms with Crippen molar-refractivity contribution in [1.29, 1.82) is 0 Å². The van der Waals surface area contributed by atoms with Crippen molar-refractivity contribution in [3.8, 4) is 22.8 Å². The molecule has 5 rings (SSSR count). The van der Waals surface area contributed by atoms with E-state index in [9.17, 15) is 14.4 Å². The summed E-state index contributed by atoms with van der Waals surface area (Å²) < 4.78 is 23.8. The van der Waals surface area contributed by atoms with Crippen LogP contribution in [-0.2, 0) is 14.3 Å². The molecule has 3 heterocycles. The largest absolute Gasteiger partial charge is 0.493 e. The number of hydrogen-bond donors (Lipinski definition) is 0. The fraction of sp³-hybridized carbons (Fsp3) is 0.161. The summed E-state index contributed by atoms with van der Waals surface area (Å²) in [6, 6.07) is 12.4. The second-order valence-corrected chi connectivity index (χ2v) is 11.2. The van der Waals surface area contributed by atoms with Gasteiger partial charge in [0, 0.05) is 23.6 Å². The van der Waals surface area contributed by atoms with Gasteiger partial charge in [-0.1, -0.05) is 53.3 Å². The summed E-state index contributed by atoms with van der Waals surface area (Å²) in [5.74, 6) is 0.135. The van der Waals surface area contributed by atoms with E-state index in [1.165, 1.54) is 24.7 Å². The number of aromatic nitrogens is 1. The van der Waals surface area contributed by atoms with Gasteiger partial charge in [-0.05, 0) is 55.0 Å². The molecular weight excluding hydrogens is 615 g/mol. The van der Waals surface area contributed by atoms with Gasteiger partial charge in [-0.2, -0.15) is 0 Å². The number of allylic oxidation sites excluding steroid dienone is 1. The Morgan fingerprint density at radius 1 is 1.14 bits per heavy atom. The average Bonchev–Trinajstić information content (AvgIpc) is 3.56. The summed E-state index contributed by atoms with van der Waals surface area (Å²) in [6.45, 7) is 6.52. The lowest BCUT2D eigenvalue weighted by atomic mass is 9.95. The van der Waals surface area contributed by atoms with Crippen LogP contribution in [0, 0.1) is 0 Å². The molecule has 12 heteroatoms. The van der Waals surface area contributed by atoms with Crippen molar-refractivity contribution in [2.75, 3.05) is 13.7 Å². The fourth-order valence-electron chi connectivity index (χ4n) is 4.59. The topological polar surface area (TPSA) is 109 Å². The van der Waals surface area contributed by atoms with Crippen molar-refractivity contribution in [3.63, 3.8) is 0 Å². The van der Waals surface area contributed by atoms with E-state index in [1.54, 1.807) is 61.5 Å². The third kappa shape index (κ3) is 6.08. The van der Waals surface area contributed by atoms with Crippen LogP contribution in [0.2, 0.25) is 10.0 Å². The summed E-state index contributed by atoms with van der Waals surface area (Å²) in [4.78, 5) is 43.8. The molecule has 2 aromatic heterocycles. The number of furan rings is 1. The SMILES string of the molecule is C=CCOC(=O)C1=C(C)N=c2s/c(=C\c3ccc(-c4cc(Cl)ccc4Cl)o3)c(=O)n2C1c1ccc(OC(C)=O)c(OC)c1. The highest BCUT2D eigenvalue weighted by Gasteiger charge is 2.34. The van der Waals surface area contributed by atoms with Gasteiger partial charge in [0.25, 0.3) is 5.56 Å². The van der Waals surface area contributed by atoms with Gasteiger partial charge in [-0.3, -0.25) is 14.2 Å². The van der Waals surface area contributed by atoms with Gasteiger partial charge in [0.1, 0.15) is 18.1 Å². The zero-order valence-corrected chi connectivity index (χ0v) is 25.5. The number of hydrogen-bond acceptors (Lipinski definition) is 9. The first-order valence-corrected chi connectivity index (χ1v) is 14.4. The first-order chi connectivity index (χ1) is 20.6. The van der Waals surface area contributed by atoms with Gasteiger partial charge in [0.2, 0.25) is 0 Å². The maximum atomic E-state index is 13.9. The summed E-state index contributed by atoms with van der Waals surface area (Å²) in [5.41, 5.74) is 1.26. The van der Waals surface area contributed by atoms with Crippen molar-refractivity contribution >= 4 is 52.6 Å². The van der Waals surface area contributed by atoms with Crippen molar-refractivity contribution in [1.82, 2.24) is 4.57 Å². The zero-order valence-electron chi connectivity index (χ0n) is 23.2. The molecule has 2 aromatic carbocycles. The molecule has 1 atom stereocenters. The second kappa shape index (κ2) is 12.5. The smallest absolute Gasteiger partial charge is 0.338 e. The van der Waals surface area contributed by atoms with Crippen LogP contribution in [0.3, 0.4) is 0 Å². The van der Waals surface area contributed by atoms with Crippen LogP contribution in [0.25, 0.3) is 17.4 Å². The Hall–Kier alpha value is -4.38. The third-order valence-corrected chi connectivity index (χ3v) is 7.97. The molecule has 0 radical (unpaired) electrons. The van der Waals surface area contributed by atoms with E-state index in [-0.39, 0.29) is 23.7 Å². The van der Waals surface area contributed by atoms with E-state index in [0.29, 0.717) is 47.7 Å². The van der Waals surface area contributed by atoms with E-state index in [2.05, 4.69) is 11.6 Å². The number of methoxy groups -OCH3 is 1. The van der Waals surface area contributed by atoms with Gasteiger partial charge in [0.05, 0.1) is 34.0 Å². The number of carbonyl (C=O) groups is 2. The Labute approximate surface area is 259 Å². The van der Waals surface area contributed by atoms with Crippen molar-refractivity contribution in [3.05, 3.63) is 114 Å². The number of nitrogens with zero attached hydrogens (tertiary/aromatic N) is 2. The minimum absolute atomic E-state index is 0.0288. The lowest BCUT2D eigenvalue weighted by molar-refractivity contribution is -0.138. The Balaban J connectivity index is 1.65. The molecule has 220 valence electrons. The quantitative estimate of drug-likeness (QED) is 0.143. The molecule has 1 aliphatic rings. The molecule has 0 aliphatic carbocycles. The highest BCUT2D eigenvalue weighted by atomic mass is 35.5. The summed E-state index contributed by atoms with van der Waals surface area (Å²) in [5, 5.41) is 0.965. The molecule has 0 saturated heterocycles. The van der Waals surface area contributed by atoms with Gasteiger partial charge in [-0.25, -0.2) is 9.79 Å². The first kappa shape index (κ1) is 30.1. The molecule has 1 aliphatic heterocycles. The summed E-state index contributed by atoms with van der Waals surface area (Å²) in [6.07, 6.45) is 3.05. The number of esters is 2. The molecule has 4 aromatic rings. The standard InChI is InChI=1S/C31H24Cl2N2O7S/c1-5-12-40-30(38)27-16(2)34-31-35(28(27)18-6-10-24(41-17(3)36)25(13-18)39-4)29(37)26(43-31)15-20-8-11-23(42-20)21-14-19(32)7-9-22(21)33/h5-11,13-15,28H,1,12H2,2-4H3/b26-15-.